The minimum Gasteiger partial charge on any atom is -0.355 e. The molecule has 1 amide bonds. The number of nitrogens with zero attached hydrogens (tertiary/aromatic N) is 1. The molecule has 7 heteroatoms. The Labute approximate surface area is 143 Å². The number of carbonyl (C=O) groups is 1. The van der Waals surface area contributed by atoms with Gasteiger partial charge in [-0.15, -0.1) is 0 Å². The van der Waals surface area contributed by atoms with E-state index >= 15 is 0 Å². The topological polar surface area (TPSA) is 66.5 Å². The van der Waals surface area contributed by atoms with Gasteiger partial charge < -0.3 is 5.32 Å². The van der Waals surface area contributed by atoms with Crippen molar-refractivity contribution in [2.45, 2.75) is 31.6 Å². The SMILES string of the molecule is CCN(CCCNC(=O)C1(c2cccc(Cl)c2)CC1)S(C)(=O)=O. The highest BCUT2D eigenvalue weighted by atomic mass is 35.5. The molecule has 1 N–H and O–H groups in total. The molecule has 0 bridgehead atoms. The number of benzene rings is 1. The number of carbonyl (C=O) groups excluding carboxylic acids is 1. The van der Waals surface area contributed by atoms with E-state index in [0.717, 1.165) is 18.4 Å². The molecule has 1 fully saturated rings. The van der Waals surface area contributed by atoms with Crippen molar-refractivity contribution in [1.29, 1.82) is 0 Å². The Morgan fingerprint density at radius 2 is 2.09 bits per heavy atom. The van der Waals surface area contributed by atoms with Crippen molar-refractivity contribution in [3.8, 4) is 0 Å². The fourth-order valence-electron chi connectivity index (χ4n) is 2.74. The van der Waals surface area contributed by atoms with Gasteiger partial charge in [0.1, 0.15) is 0 Å². The van der Waals surface area contributed by atoms with Crippen LogP contribution < -0.4 is 5.32 Å². The first-order chi connectivity index (χ1) is 10.8. The van der Waals surface area contributed by atoms with Crippen molar-refractivity contribution in [2.75, 3.05) is 25.9 Å². The number of amides is 1. The molecule has 0 unspecified atom stereocenters. The van der Waals surface area contributed by atoms with E-state index in [2.05, 4.69) is 5.32 Å². The van der Waals surface area contributed by atoms with Crippen LogP contribution in [0.1, 0.15) is 31.7 Å². The van der Waals surface area contributed by atoms with E-state index in [4.69, 9.17) is 11.6 Å². The molecule has 1 aromatic rings. The van der Waals surface area contributed by atoms with E-state index in [-0.39, 0.29) is 5.91 Å². The third-order valence-electron chi connectivity index (χ3n) is 4.25. The lowest BCUT2D eigenvalue weighted by molar-refractivity contribution is -0.123. The Kier molecular flexibility index (Phi) is 5.70. The summed E-state index contributed by atoms with van der Waals surface area (Å²) < 4.78 is 24.4. The third-order valence-corrected chi connectivity index (χ3v) is 5.87. The summed E-state index contributed by atoms with van der Waals surface area (Å²) in [6.45, 7) is 3.13. The Hall–Kier alpha value is -1.11. The number of hydrogen-bond acceptors (Lipinski definition) is 3. The van der Waals surface area contributed by atoms with Gasteiger partial charge in [0.15, 0.2) is 0 Å². The first kappa shape index (κ1) is 18.2. The van der Waals surface area contributed by atoms with Crippen LogP contribution in [0, 0.1) is 0 Å². The van der Waals surface area contributed by atoms with E-state index in [1.54, 1.807) is 13.0 Å². The summed E-state index contributed by atoms with van der Waals surface area (Å²) in [6.07, 6.45) is 3.44. The average Bonchev–Trinajstić information content (AvgIpc) is 3.27. The second kappa shape index (κ2) is 7.20. The van der Waals surface area contributed by atoms with Gasteiger partial charge in [0.2, 0.25) is 15.9 Å². The zero-order chi connectivity index (χ0) is 17.1. The zero-order valence-corrected chi connectivity index (χ0v) is 15.1. The van der Waals surface area contributed by atoms with Crippen molar-refractivity contribution in [3.05, 3.63) is 34.9 Å². The number of rotatable bonds is 8. The largest absolute Gasteiger partial charge is 0.355 e. The molecule has 0 atom stereocenters. The maximum absolute atomic E-state index is 12.5. The molecule has 128 valence electrons. The highest BCUT2D eigenvalue weighted by Crippen LogP contribution is 2.48. The number of halogens is 1. The summed E-state index contributed by atoms with van der Waals surface area (Å²) in [5, 5.41) is 3.56. The van der Waals surface area contributed by atoms with Crippen LogP contribution in [0.3, 0.4) is 0 Å². The van der Waals surface area contributed by atoms with Crippen LogP contribution >= 0.6 is 11.6 Å². The molecule has 0 aromatic heterocycles. The molecule has 0 radical (unpaired) electrons. The third kappa shape index (κ3) is 4.46. The summed E-state index contributed by atoms with van der Waals surface area (Å²) in [5.74, 6) is 0.00201. The van der Waals surface area contributed by atoms with Crippen LogP contribution in [0.15, 0.2) is 24.3 Å². The lowest BCUT2D eigenvalue weighted by atomic mass is 9.95. The summed E-state index contributed by atoms with van der Waals surface area (Å²) in [7, 11) is -3.17. The highest BCUT2D eigenvalue weighted by Gasteiger charge is 2.51. The molecule has 1 aromatic carbocycles. The quantitative estimate of drug-likeness (QED) is 0.724. The van der Waals surface area contributed by atoms with Crippen LogP contribution in [-0.2, 0) is 20.2 Å². The summed E-state index contributed by atoms with van der Waals surface area (Å²) in [4.78, 5) is 12.5. The van der Waals surface area contributed by atoms with Crippen molar-refractivity contribution in [1.82, 2.24) is 9.62 Å². The van der Waals surface area contributed by atoms with Crippen LogP contribution in [0.4, 0.5) is 0 Å². The van der Waals surface area contributed by atoms with E-state index in [1.165, 1.54) is 10.6 Å². The minimum atomic E-state index is -3.17. The molecule has 23 heavy (non-hydrogen) atoms. The van der Waals surface area contributed by atoms with Crippen molar-refractivity contribution in [3.63, 3.8) is 0 Å². The van der Waals surface area contributed by atoms with Gasteiger partial charge in [-0.1, -0.05) is 30.7 Å². The minimum absolute atomic E-state index is 0.00201. The lowest BCUT2D eigenvalue weighted by Gasteiger charge is -2.19. The van der Waals surface area contributed by atoms with Gasteiger partial charge >= 0.3 is 0 Å². The van der Waals surface area contributed by atoms with Gasteiger partial charge in [-0.05, 0) is 37.0 Å². The van der Waals surface area contributed by atoms with E-state index in [0.29, 0.717) is 31.1 Å². The Balaban J connectivity index is 1.86. The van der Waals surface area contributed by atoms with Crippen LogP contribution in [0.2, 0.25) is 5.02 Å². The number of hydrogen-bond donors (Lipinski definition) is 1. The molecule has 5 nitrogen and oxygen atoms in total. The molecular formula is C16H23ClN2O3S. The summed E-state index contributed by atoms with van der Waals surface area (Å²) in [6, 6.07) is 7.43. The molecule has 1 aliphatic rings. The molecule has 1 aliphatic carbocycles. The fraction of sp³-hybridized carbons (Fsp3) is 0.562. The van der Waals surface area contributed by atoms with Crippen molar-refractivity contribution >= 4 is 27.5 Å². The van der Waals surface area contributed by atoms with Gasteiger partial charge in [0.25, 0.3) is 0 Å². The monoisotopic (exact) mass is 358 g/mol. The standard InChI is InChI=1S/C16H23ClN2O3S/c1-3-19(23(2,21)22)11-5-10-18-15(20)16(8-9-16)13-6-4-7-14(17)12-13/h4,6-7,12H,3,5,8-11H2,1-2H3,(H,18,20). The maximum Gasteiger partial charge on any atom is 0.230 e. The van der Waals surface area contributed by atoms with Gasteiger partial charge in [-0.2, -0.15) is 0 Å². The normalized spacial score (nSPS) is 16.3. The molecule has 2 rings (SSSR count). The second-order valence-electron chi connectivity index (χ2n) is 5.96. The fourth-order valence-corrected chi connectivity index (χ4v) is 3.86. The first-order valence-electron chi connectivity index (χ1n) is 7.79. The van der Waals surface area contributed by atoms with Gasteiger partial charge in [-0.3, -0.25) is 4.79 Å². The predicted octanol–water partition coefficient (Wildman–Crippen LogP) is 2.16. The average molecular weight is 359 g/mol. The van der Waals surface area contributed by atoms with Crippen LogP contribution in [0.5, 0.6) is 0 Å². The van der Waals surface area contributed by atoms with E-state index in [9.17, 15) is 13.2 Å². The Morgan fingerprint density at radius 3 is 2.61 bits per heavy atom. The van der Waals surface area contributed by atoms with Gasteiger partial charge in [0, 0.05) is 24.7 Å². The van der Waals surface area contributed by atoms with Crippen LogP contribution in [0.25, 0.3) is 0 Å². The second-order valence-corrected chi connectivity index (χ2v) is 8.38. The predicted molar refractivity (Wildman–Crippen MR) is 92.1 cm³/mol. The first-order valence-corrected chi connectivity index (χ1v) is 10.0. The highest BCUT2D eigenvalue weighted by molar-refractivity contribution is 7.88. The van der Waals surface area contributed by atoms with Gasteiger partial charge in [0.05, 0.1) is 11.7 Å². The lowest BCUT2D eigenvalue weighted by Crippen LogP contribution is -2.37. The molecule has 0 heterocycles. The molecular weight excluding hydrogens is 336 g/mol. The van der Waals surface area contributed by atoms with E-state index in [1.807, 2.05) is 18.2 Å². The van der Waals surface area contributed by atoms with Crippen molar-refractivity contribution < 1.29 is 13.2 Å². The maximum atomic E-state index is 12.5. The van der Waals surface area contributed by atoms with Crippen LogP contribution in [-0.4, -0.2) is 44.5 Å². The molecule has 0 spiro atoms. The van der Waals surface area contributed by atoms with Crippen molar-refractivity contribution in [2.24, 2.45) is 0 Å². The summed E-state index contributed by atoms with van der Waals surface area (Å²) >= 11 is 6.01. The number of sulfonamides is 1. The summed E-state index contributed by atoms with van der Waals surface area (Å²) in [5.41, 5.74) is 0.500. The van der Waals surface area contributed by atoms with Gasteiger partial charge in [-0.25, -0.2) is 12.7 Å². The Bertz CT molecular complexity index is 672. The molecule has 0 aliphatic heterocycles. The number of nitrogens with one attached hydrogen (secondary N) is 1. The zero-order valence-electron chi connectivity index (χ0n) is 13.5. The molecule has 0 saturated heterocycles. The Morgan fingerprint density at radius 1 is 1.39 bits per heavy atom. The van der Waals surface area contributed by atoms with E-state index < -0.39 is 15.4 Å². The molecule has 1 saturated carbocycles. The smallest absolute Gasteiger partial charge is 0.230 e.